The minimum atomic E-state index is -0.498. The second-order valence-corrected chi connectivity index (χ2v) is 3.77. The van der Waals surface area contributed by atoms with Crippen LogP contribution in [-0.2, 0) is 9.53 Å². The van der Waals surface area contributed by atoms with E-state index in [2.05, 4.69) is 10.3 Å². The standard InChI is InChI=1S/C9H11Cl2N3O2/c10-6-3-7(11)9(14-4-6)13-1-2-16-5-8(12)15/h3-4H,1-2,5H2,(H2,12,15)(H,13,14). The molecule has 0 saturated carbocycles. The van der Waals surface area contributed by atoms with Gasteiger partial charge in [-0.3, -0.25) is 4.79 Å². The van der Waals surface area contributed by atoms with Crippen LogP contribution in [-0.4, -0.2) is 30.6 Å². The van der Waals surface area contributed by atoms with Crippen LogP contribution >= 0.6 is 23.2 Å². The van der Waals surface area contributed by atoms with Crippen molar-refractivity contribution in [3.63, 3.8) is 0 Å². The molecule has 0 aliphatic carbocycles. The van der Waals surface area contributed by atoms with E-state index in [9.17, 15) is 4.79 Å². The van der Waals surface area contributed by atoms with E-state index < -0.39 is 5.91 Å². The van der Waals surface area contributed by atoms with E-state index in [-0.39, 0.29) is 6.61 Å². The maximum Gasteiger partial charge on any atom is 0.243 e. The second-order valence-electron chi connectivity index (χ2n) is 2.93. The van der Waals surface area contributed by atoms with Gasteiger partial charge in [0.25, 0.3) is 0 Å². The van der Waals surface area contributed by atoms with Crippen molar-refractivity contribution in [2.75, 3.05) is 25.1 Å². The number of primary amides is 1. The third-order valence-corrected chi connectivity index (χ3v) is 2.09. The van der Waals surface area contributed by atoms with Gasteiger partial charge in [-0.05, 0) is 6.07 Å². The molecule has 16 heavy (non-hydrogen) atoms. The highest BCUT2D eigenvalue weighted by atomic mass is 35.5. The van der Waals surface area contributed by atoms with E-state index in [1.165, 1.54) is 6.20 Å². The number of carbonyl (C=O) groups is 1. The molecular formula is C9H11Cl2N3O2. The summed E-state index contributed by atoms with van der Waals surface area (Å²) < 4.78 is 4.95. The van der Waals surface area contributed by atoms with Crippen molar-refractivity contribution in [3.05, 3.63) is 22.3 Å². The normalized spacial score (nSPS) is 10.1. The van der Waals surface area contributed by atoms with Crippen LogP contribution in [0.2, 0.25) is 10.0 Å². The van der Waals surface area contributed by atoms with E-state index in [1.54, 1.807) is 6.07 Å². The lowest BCUT2D eigenvalue weighted by Gasteiger charge is -2.07. The zero-order chi connectivity index (χ0) is 12.0. The molecule has 0 saturated heterocycles. The number of pyridine rings is 1. The minimum Gasteiger partial charge on any atom is -0.370 e. The Kier molecular flexibility index (Phi) is 5.31. The first-order valence-electron chi connectivity index (χ1n) is 4.50. The fourth-order valence-electron chi connectivity index (χ4n) is 0.959. The summed E-state index contributed by atoms with van der Waals surface area (Å²) in [5.41, 5.74) is 4.89. The number of nitrogens with one attached hydrogen (secondary N) is 1. The molecule has 0 radical (unpaired) electrons. The summed E-state index contributed by atoms with van der Waals surface area (Å²) in [6.45, 7) is 0.717. The molecule has 0 aliphatic heterocycles. The van der Waals surface area contributed by atoms with Gasteiger partial charge in [-0.2, -0.15) is 0 Å². The maximum absolute atomic E-state index is 10.4. The number of rotatable bonds is 6. The third kappa shape index (κ3) is 4.65. The zero-order valence-electron chi connectivity index (χ0n) is 8.37. The van der Waals surface area contributed by atoms with Gasteiger partial charge in [0, 0.05) is 12.7 Å². The Morgan fingerprint density at radius 2 is 2.31 bits per heavy atom. The molecule has 0 unspecified atom stereocenters. The number of amides is 1. The number of hydrogen-bond donors (Lipinski definition) is 2. The Labute approximate surface area is 103 Å². The van der Waals surface area contributed by atoms with Gasteiger partial charge in [0.15, 0.2) is 0 Å². The SMILES string of the molecule is NC(=O)COCCNc1ncc(Cl)cc1Cl. The van der Waals surface area contributed by atoms with Gasteiger partial charge >= 0.3 is 0 Å². The summed E-state index contributed by atoms with van der Waals surface area (Å²) in [7, 11) is 0. The summed E-state index contributed by atoms with van der Waals surface area (Å²) >= 11 is 11.6. The summed E-state index contributed by atoms with van der Waals surface area (Å²) in [5, 5.41) is 3.84. The number of aromatic nitrogens is 1. The first-order valence-corrected chi connectivity index (χ1v) is 5.26. The number of hydrogen-bond acceptors (Lipinski definition) is 4. The van der Waals surface area contributed by atoms with Crippen LogP contribution in [0.3, 0.4) is 0 Å². The van der Waals surface area contributed by atoms with Gasteiger partial charge in [-0.1, -0.05) is 23.2 Å². The van der Waals surface area contributed by atoms with Crippen LogP contribution in [0.4, 0.5) is 5.82 Å². The van der Waals surface area contributed by atoms with Crippen molar-refractivity contribution < 1.29 is 9.53 Å². The molecule has 1 aromatic rings. The fourth-order valence-corrected chi connectivity index (χ4v) is 1.41. The lowest BCUT2D eigenvalue weighted by molar-refractivity contribution is -0.122. The molecule has 1 rings (SSSR count). The fraction of sp³-hybridized carbons (Fsp3) is 0.333. The van der Waals surface area contributed by atoms with Crippen molar-refractivity contribution in [2.24, 2.45) is 5.73 Å². The first-order chi connectivity index (χ1) is 7.59. The topological polar surface area (TPSA) is 77.2 Å². The number of carbonyl (C=O) groups excluding carboxylic acids is 1. The highest BCUT2D eigenvalue weighted by Gasteiger charge is 2.01. The summed E-state index contributed by atoms with van der Waals surface area (Å²) in [5.74, 6) is 0.0244. The molecule has 0 fully saturated rings. The molecule has 7 heteroatoms. The number of ether oxygens (including phenoxy) is 1. The van der Waals surface area contributed by atoms with Crippen LogP contribution in [0.1, 0.15) is 0 Å². The van der Waals surface area contributed by atoms with Crippen LogP contribution in [0.15, 0.2) is 12.3 Å². The van der Waals surface area contributed by atoms with Gasteiger partial charge in [-0.25, -0.2) is 4.98 Å². The van der Waals surface area contributed by atoms with E-state index in [0.717, 1.165) is 0 Å². The predicted molar refractivity (Wildman–Crippen MR) is 62.8 cm³/mol. The zero-order valence-corrected chi connectivity index (χ0v) is 9.88. The van der Waals surface area contributed by atoms with Gasteiger partial charge in [-0.15, -0.1) is 0 Å². The Hall–Kier alpha value is -1.04. The highest BCUT2D eigenvalue weighted by molar-refractivity contribution is 6.35. The minimum absolute atomic E-state index is 0.0938. The molecule has 1 heterocycles. The molecular weight excluding hydrogens is 253 g/mol. The van der Waals surface area contributed by atoms with Crippen molar-refractivity contribution in [3.8, 4) is 0 Å². The summed E-state index contributed by atoms with van der Waals surface area (Å²) in [4.78, 5) is 14.3. The Morgan fingerprint density at radius 1 is 1.56 bits per heavy atom. The van der Waals surface area contributed by atoms with Gasteiger partial charge in [0.05, 0.1) is 16.7 Å². The number of anilines is 1. The number of halogens is 2. The van der Waals surface area contributed by atoms with E-state index in [1.807, 2.05) is 0 Å². The second kappa shape index (κ2) is 6.52. The van der Waals surface area contributed by atoms with Gasteiger partial charge < -0.3 is 15.8 Å². The van der Waals surface area contributed by atoms with E-state index >= 15 is 0 Å². The molecule has 0 bridgehead atoms. The summed E-state index contributed by atoms with van der Waals surface area (Å²) in [6.07, 6.45) is 1.49. The lowest BCUT2D eigenvalue weighted by atomic mass is 10.4. The van der Waals surface area contributed by atoms with Crippen LogP contribution in [0.5, 0.6) is 0 Å². The molecule has 1 amide bonds. The number of nitrogens with two attached hydrogens (primary N) is 1. The molecule has 3 N–H and O–H groups in total. The van der Waals surface area contributed by atoms with Gasteiger partial charge in [0.1, 0.15) is 12.4 Å². The quantitative estimate of drug-likeness (QED) is 0.759. The monoisotopic (exact) mass is 263 g/mol. The van der Waals surface area contributed by atoms with Crippen LogP contribution in [0, 0.1) is 0 Å². The molecule has 0 aliphatic rings. The number of nitrogens with zero attached hydrogens (tertiary/aromatic N) is 1. The maximum atomic E-state index is 10.4. The van der Waals surface area contributed by atoms with E-state index in [0.29, 0.717) is 29.0 Å². The highest BCUT2D eigenvalue weighted by Crippen LogP contribution is 2.21. The average Bonchev–Trinajstić information content (AvgIpc) is 2.20. The smallest absolute Gasteiger partial charge is 0.243 e. The molecule has 5 nitrogen and oxygen atoms in total. The lowest BCUT2D eigenvalue weighted by Crippen LogP contribution is -2.20. The Balaban J connectivity index is 2.29. The van der Waals surface area contributed by atoms with Gasteiger partial charge in [0.2, 0.25) is 5.91 Å². The first kappa shape index (κ1) is 13.0. The Bertz CT molecular complexity index is 374. The van der Waals surface area contributed by atoms with Crippen molar-refractivity contribution >= 4 is 34.9 Å². The third-order valence-electron chi connectivity index (χ3n) is 1.59. The van der Waals surface area contributed by atoms with Crippen molar-refractivity contribution in [1.82, 2.24) is 4.98 Å². The molecule has 0 spiro atoms. The van der Waals surface area contributed by atoms with Crippen molar-refractivity contribution in [1.29, 1.82) is 0 Å². The summed E-state index contributed by atoms with van der Waals surface area (Å²) in [6, 6.07) is 1.59. The van der Waals surface area contributed by atoms with Crippen molar-refractivity contribution in [2.45, 2.75) is 0 Å². The molecule has 1 aromatic heterocycles. The Morgan fingerprint density at radius 3 is 2.94 bits per heavy atom. The largest absolute Gasteiger partial charge is 0.370 e. The van der Waals surface area contributed by atoms with E-state index in [4.69, 9.17) is 33.7 Å². The van der Waals surface area contributed by atoms with Crippen LogP contribution in [0.25, 0.3) is 0 Å². The molecule has 88 valence electrons. The molecule has 0 atom stereocenters. The predicted octanol–water partition coefficient (Wildman–Crippen LogP) is 1.30. The molecule has 0 aromatic carbocycles. The van der Waals surface area contributed by atoms with Crippen LogP contribution < -0.4 is 11.1 Å². The average molecular weight is 264 g/mol.